The summed E-state index contributed by atoms with van der Waals surface area (Å²) in [5.41, 5.74) is 4.16. The summed E-state index contributed by atoms with van der Waals surface area (Å²) in [6.45, 7) is 1.28. The van der Waals surface area contributed by atoms with Crippen LogP contribution >= 0.6 is 0 Å². The van der Waals surface area contributed by atoms with Gasteiger partial charge in [-0.2, -0.15) is 0 Å². The van der Waals surface area contributed by atoms with Gasteiger partial charge in [-0.25, -0.2) is 4.98 Å². The molecule has 132 valence electrons. The topological polar surface area (TPSA) is 75.4 Å². The van der Waals surface area contributed by atoms with E-state index < -0.39 is 0 Å². The molecule has 2 aromatic rings. The Kier molecular flexibility index (Phi) is 4.39. The van der Waals surface area contributed by atoms with Gasteiger partial charge in [0.05, 0.1) is 12.5 Å². The Hall–Kier alpha value is -3.15. The average molecular weight is 349 g/mol. The first-order chi connectivity index (χ1) is 12.7. The van der Waals surface area contributed by atoms with E-state index in [9.17, 15) is 9.59 Å². The van der Waals surface area contributed by atoms with Crippen molar-refractivity contribution in [3.8, 4) is 0 Å². The van der Waals surface area contributed by atoms with Gasteiger partial charge in [0.15, 0.2) is 0 Å². The van der Waals surface area contributed by atoms with Crippen molar-refractivity contribution < 1.29 is 14.0 Å². The molecule has 2 amide bonds. The predicted octanol–water partition coefficient (Wildman–Crippen LogP) is 2.89. The van der Waals surface area contributed by atoms with Crippen LogP contribution in [-0.4, -0.2) is 34.8 Å². The molecule has 0 aliphatic carbocycles. The maximum atomic E-state index is 12.4. The maximum absolute atomic E-state index is 12.4. The van der Waals surface area contributed by atoms with E-state index >= 15 is 0 Å². The Bertz CT molecular complexity index is 897. The smallest absolute Gasteiger partial charge is 0.246 e. The van der Waals surface area contributed by atoms with Crippen molar-refractivity contribution in [3.63, 3.8) is 0 Å². The lowest BCUT2D eigenvalue weighted by Gasteiger charge is -2.25. The highest BCUT2D eigenvalue weighted by atomic mass is 16.3. The van der Waals surface area contributed by atoms with Crippen LogP contribution in [0, 0.1) is 0 Å². The lowest BCUT2D eigenvalue weighted by atomic mass is 10.0. The fraction of sp³-hybridized carbons (Fsp3) is 0.250. The van der Waals surface area contributed by atoms with Crippen LogP contribution in [0.1, 0.15) is 29.5 Å². The van der Waals surface area contributed by atoms with Crippen LogP contribution in [0.4, 0.5) is 5.82 Å². The molecule has 2 aliphatic heterocycles. The summed E-state index contributed by atoms with van der Waals surface area (Å²) >= 11 is 0. The molecule has 1 N–H and O–H groups in total. The van der Waals surface area contributed by atoms with E-state index in [1.54, 1.807) is 30.9 Å². The number of furan rings is 1. The van der Waals surface area contributed by atoms with Crippen molar-refractivity contribution in [1.82, 2.24) is 9.88 Å². The SMILES string of the molecule is O=C1CCc2cc(C=CC(=O)N3CC=C(c4ccoc4)CC3)cnc2N1. The summed E-state index contributed by atoms with van der Waals surface area (Å²) < 4.78 is 5.11. The first-order valence-electron chi connectivity index (χ1n) is 8.66. The van der Waals surface area contributed by atoms with E-state index in [0.717, 1.165) is 23.1 Å². The summed E-state index contributed by atoms with van der Waals surface area (Å²) in [5, 5.41) is 2.76. The molecule has 4 heterocycles. The second-order valence-corrected chi connectivity index (χ2v) is 6.43. The molecule has 4 rings (SSSR count). The first-order valence-corrected chi connectivity index (χ1v) is 8.66. The van der Waals surface area contributed by atoms with Gasteiger partial charge in [-0.3, -0.25) is 9.59 Å². The minimum absolute atomic E-state index is 0.00332. The standard InChI is InChI=1S/C20H19N3O3/c24-18-3-2-16-11-14(12-21-20(16)22-18)1-4-19(25)23-8-5-15(6-9-23)17-7-10-26-13-17/h1,4-5,7,10-13H,2-3,6,8-9H2,(H,21,22,24). The Balaban J connectivity index is 1.40. The van der Waals surface area contributed by atoms with Crippen molar-refractivity contribution in [2.24, 2.45) is 0 Å². The number of hydrogen-bond acceptors (Lipinski definition) is 4. The minimum atomic E-state index is -0.0153. The second-order valence-electron chi connectivity index (χ2n) is 6.43. The van der Waals surface area contributed by atoms with Crippen LogP contribution in [0.5, 0.6) is 0 Å². The van der Waals surface area contributed by atoms with Crippen molar-refractivity contribution in [1.29, 1.82) is 0 Å². The van der Waals surface area contributed by atoms with Gasteiger partial charge in [-0.05, 0) is 47.8 Å². The number of aryl methyl sites for hydroxylation is 1. The van der Waals surface area contributed by atoms with Crippen LogP contribution in [0.3, 0.4) is 0 Å². The molecular weight excluding hydrogens is 330 g/mol. The van der Waals surface area contributed by atoms with E-state index in [1.807, 2.05) is 17.0 Å². The average Bonchev–Trinajstić information content (AvgIpc) is 3.21. The van der Waals surface area contributed by atoms with Crippen LogP contribution in [0.15, 0.2) is 47.4 Å². The van der Waals surface area contributed by atoms with Crippen molar-refractivity contribution in [3.05, 3.63) is 59.7 Å². The van der Waals surface area contributed by atoms with Gasteiger partial charge in [-0.1, -0.05) is 6.08 Å². The first kappa shape index (κ1) is 16.3. The molecule has 0 aromatic carbocycles. The van der Waals surface area contributed by atoms with Crippen LogP contribution in [-0.2, 0) is 16.0 Å². The summed E-state index contributed by atoms with van der Waals surface area (Å²) in [4.78, 5) is 29.9. The highest BCUT2D eigenvalue weighted by Crippen LogP contribution is 2.23. The molecule has 0 radical (unpaired) electrons. The van der Waals surface area contributed by atoms with Gasteiger partial charge in [0.2, 0.25) is 11.8 Å². The molecule has 2 aliphatic rings. The molecule has 0 fully saturated rings. The van der Waals surface area contributed by atoms with Gasteiger partial charge >= 0.3 is 0 Å². The van der Waals surface area contributed by atoms with Gasteiger partial charge < -0.3 is 14.6 Å². The molecule has 0 saturated carbocycles. The van der Waals surface area contributed by atoms with E-state index in [1.165, 1.54) is 5.57 Å². The number of nitrogens with zero attached hydrogens (tertiary/aromatic N) is 2. The number of carbonyl (C=O) groups is 2. The summed E-state index contributed by atoms with van der Waals surface area (Å²) in [5.74, 6) is 0.604. The summed E-state index contributed by atoms with van der Waals surface area (Å²) in [6.07, 6.45) is 12.5. The number of rotatable bonds is 3. The molecule has 0 saturated heterocycles. The third-order valence-electron chi connectivity index (χ3n) is 4.70. The number of fused-ring (bicyclic) bond motifs is 1. The third kappa shape index (κ3) is 3.44. The van der Waals surface area contributed by atoms with Gasteiger partial charge in [0.1, 0.15) is 5.82 Å². The Morgan fingerprint density at radius 1 is 1.31 bits per heavy atom. The number of hydrogen-bond donors (Lipinski definition) is 1. The lowest BCUT2D eigenvalue weighted by molar-refractivity contribution is -0.125. The number of anilines is 1. The van der Waals surface area contributed by atoms with Crippen LogP contribution in [0.2, 0.25) is 0 Å². The molecule has 0 spiro atoms. The molecular formula is C20H19N3O3. The van der Waals surface area contributed by atoms with E-state index in [4.69, 9.17) is 4.42 Å². The highest BCUT2D eigenvalue weighted by molar-refractivity contribution is 5.94. The number of nitrogens with one attached hydrogen (secondary N) is 1. The van der Waals surface area contributed by atoms with Crippen LogP contribution < -0.4 is 5.32 Å². The van der Waals surface area contributed by atoms with Crippen molar-refractivity contribution >= 4 is 29.3 Å². The van der Waals surface area contributed by atoms with E-state index in [2.05, 4.69) is 16.4 Å². The summed E-state index contributed by atoms with van der Waals surface area (Å²) in [6, 6.07) is 3.91. The number of pyridine rings is 1. The molecule has 6 nitrogen and oxygen atoms in total. The summed E-state index contributed by atoms with van der Waals surface area (Å²) in [7, 11) is 0. The number of carbonyl (C=O) groups excluding carboxylic acids is 2. The fourth-order valence-electron chi connectivity index (χ4n) is 3.22. The highest BCUT2D eigenvalue weighted by Gasteiger charge is 2.17. The van der Waals surface area contributed by atoms with Gasteiger partial charge in [0.25, 0.3) is 0 Å². The zero-order valence-electron chi connectivity index (χ0n) is 14.3. The van der Waals surface area contributed by atoms with Gasteiger partial charge in [-0.15, -0.1) is 0 Å². The zero-order chi connectivity index (χ0) is 17.9. The molecule has 0 atom stereocenters. The van der Waals surface area contributed by atoms with Gasteiger partial charge in [0, 0.05) is 37.3 Å². The quantitative estimate of drug-likeness (QED) is 0.865. The van der Waals surface area contributed by atoms with Crippen LogP contribution in [0.25, 0.3) is 11.6 Å². The molecule has 0 bridgehead atoms. The zero-order valence-corrected chi connectivity index (χ0v) is 14.3. The Morgan fingerprint density at radius 3 is 3.00 bits per heavy atom. The third-order valence-corrected chi connectivity index (χ3v) is 4.70. The van der Waals surface area contributed by atoms with E-state index in [0.29, 0.717) is 31.7 Å². The maximum Gasteiger partial charge on any atom is 0.246 e. The lowest BCUT2D eigenvalue weighted by Crippen LogP contribution is -2.33. The van der Waals surface area contributed by atoms with Crippen molar-refractivity contribution in [2.75, 3.05) is 18.4 Å². The Morgan fingerprint density at radius 2 is 2.23 bits per heavy atom. The number of amides is 2. The van der Waals surface area contributed by atoms with Crippen molar-refractivity contribution in [2.45, 2.75) is 19.3 Å². The second kappa shape index (κ2) is 7.00. The Labute approximate surface area is 151 Å². The fourth-order valence-corrected chi connectivity index (χ4v) is 3.22. The monoisotopic (exact) mass is 349 g/mol. The normalized spacial score (nSPS) is 17.0. The predicted molar refractivity (Wildman–Crippen MR) is 98.1 cm³/mol. The largest absolute Gasteiger partial charge is 0.472 e. The van der Waals surface area contributed by atoms with E-state index in [-0.39, 0.29) is 11.8 Å². The molecule has 26 heavy (non-hydrogen) atoms. The minimum Gasteiger partial charge on any atom is -0.472 e. The number of aromatic nitrogens is 1. The molecule has 0 unspecified atom stereocenters. The molecule has 2 aromatic heterocycles. The molecule has 6 heteroatoms.